The first kappa shape index (κ1) is 28.2. The highest BCUT2D eigenvalue weighted by Gasteiger charge is 2.28. The van der Waals surface area contributed by atoms with Gasteiger partial charge in [0.15, 0.2) is 0 Å². The first-order valence-electron chi connectivity index (χ1n) is 12.4. The molecule has 198 valence electrons. The number of benzene rings is 2. The molecule has 0 fully saturated rings. The zero-order chi connectivity index (χ0) is 28.4. The van der Waals surface area contributed by atoms with Crippen molar-refractivity contribution in [3.8, 4) is 12.1 Å². The van der Waals surface area contributed by atoms with Gasteiger partial charge < -0.3 is 18.9 Å². The molecule has 38 heavy (non-hydrogen) atoms. The molecule has 1 heterocycles. The quantitative estimate of drug-likeness (QED) is 0.234. The fourth-order valence-electron chi connectivity index (χ4n) is 4.36. The molecule has 3 aromatic rings. The van der Waals surface area contributed by atoms with Crippen LogP contribution in [0.15, 0.2) is 57.4 Å². The zero-order valence-corrected chi connectivity index (χ0v) is 24.1. The second-order valence-electron chi connectivity index (χ2n) is 11.6. The minimum absolute atomic E-state index is 0.0472. The molecule has 0 aliphatic rings. The molecule has 0 saturated heterocycles. The zero-order valence-electron chi connectivity index (χ0n) is 24.1. The van der Waals surface area contributed by atoms with Crippen LogP contribution in [0.1, 0.15) is 47.1 Å². The van der Waals surface area contributed by atoms with Gasteiger partial charge in [0, 0.05) is 39.3 Å². The number of rotatable bonds is 5. The summed E-state index contributed by atoms with van der Waals surface area (Å²) in [6.07, 6.45) is 1.53. The molecule has 0 N–H and O–H groups in total. The van der Waals surface area contributed by atoms with Crippen LogP contribution in [0.25, 0.3) is 17.1 Å². The summed E-state index contributed by atoms with van der Waals surface area (Å²) in [5.74, 6) is 0. The Morgan fingerprint density at radius 1 is 0.789 bits per heavy atom. The Morgan fingerprint density at radius 3 is 1.61 bits per heavy atom. The number of fused-ring (bicyclic) bond motifs is 1. The smallest absolute Gasteiger partial charge is 0.233 e. The third-order valence-corrected chi connectivity index (χ3v) is 6.00. The number of hydrogen-bond donors (Lipinski definition) is 0. The van der Waals surface area contributed by atoms with Crippen LogP contribution >= 0.6 is 0 Å². The lowest BCUT2D eigenvalue weighted by Gasteiger charge is -2.25. The predicted octanol–water partition coefficient (Wildman–Crippen LogP) is 6.11. The van der Waals surface area contributed by atoms with E-state index in [1.807, 2.05) is 12.1 Å². The summed E-state index contributed by atoms with van der Waals surface area (Å²) in [5.41, 5.74) is 5.92. The van der Waals surface area contributed by atoms with Crippen LogP contribution in [-0.4, -0.2) is 37.3 Å². The maximum absolute atomic E-state index is 8.97. The summed E-state index contributed by atoms with van der Waals surface area (Å²) >= 11 is 0. The molecule has 0 spiro atoms. The van der Waals surface area contributed by atoms with E-state index in [9.17, 15) is 0 Å². The fraction of sp³-hybridized carbons (Fsp3) is 0.414. The highest BCUT2D eigenvalue weighted by Crippen LogP contribution is 2.35. The van der Waals surface area contributed by atoms with Crippen molar-refractivity contribution in [2.45, 2.75) is 52.6 Å². The summed E-state index contributed by atoms with van der Waals surface area (Å²) in [5, 5.41) is 31.2. The van der Waals surface area contributed by atoms with Gasteiger partial charge in [-0.2, -0.15) is 10.5 Å². The van der Waals surface area contributed by atoms with E-state index in [0.717, 1.165) is 28.0 Å². The number of hydrogen-bond acceptors (Lipinski definition) is 6. The first-order chi connectivity index (χ1) is 17.7. The molecule has 2 aromatic carbocycles. The average molecular weight is 512 g/mol. The SMILES string of the molecule is CN(C)c1cc2c(cc1N(C)C)n(C(C)(C)C)c(=NN=Nc1ccc(C=C(C#N)C#N)cc1)n2C(C)(C)C. The third-order valence-electron chi connectivity index (χ3n) is 6.00. The van der Waals surface area contributed by atoms with Gasteiger partial charge in [0.2, 0.25) is 5.62 Å². The van der Waals surface area contributed by atoms with E-state index >= 15 is 0 Å². The maximum Gasteiger partial charge on any atom is 0.233 e. The van der Waals surface area contributed by atoms with Gasteiger partial charge in [-0.15, -0.1) is 5.11 Å². The van der Waals surface area contributed by atoms with Crippen molar-refractivity contribution >= 4 is 34.2 Å². The van der Waals surface area contributed by atoms with Crippen LogP contribution in [0.5, 0.6) is 0 Å². The number of anilines is 2. The topological polar surface area (TPSA) is 101 Å². The van der Waals surface area contributed by atoms with Crippen molar-refractivity contribution in [1.82, 2.24) is 9.13 Å². The minimum atomic E-state index is -0.278. The fourth-order valence-corrected chi connectivity index (χ4v) is 4.36. The lowest BCUT2D eigenvalue weighted by Crippen LogP contribution is -2.40. The summed E-state index contributed by atoms with van der Waals surface area (Å²) in [6.45, 7) is 13.0. The monoisotopic (exact) mass is 511 g/mol. The second-order valence-corrected chi connectivity index (χ2v) is 11.6. The summed E-state index contributed by atoms with van der Waals surface area (Å²) in [7, 11) is 8.22. The van der Waals surface area contributed by atoms with E-state index in [4.69, 9.17) is 10.5 Å². The normalized spacial score (nSPS) is 11.8. The molecule has 3 rings (SSSR count). The molecular formula is C29H37N9. The molecule has 0 atom stereocenters. The van der Waals surface area contributed by atoms with Crippen LogP contribution < -0.4 is 15.4 Å². The first-order valence-corrected chi connectivity index (χ1v) is 12.4. The number of nitriles is 2. The van der Waals surface area contributed by atoms with Gasteiger partial charge >= 0.3 is 0 Å². The summed E-state index contributed by atoms with van der Waals surface area (Å²) in [6, 6.07) is 15.3. The van der Waals surface area contributed by atoms with Crippen LogP contribution in [0.4, 0.5) is 17.1 Å². The minimum Gasteiger partial charge on any atom is -0.376 e. The number of allylic oxidation sites excluding steroid dienone is 1. The maximum atomic E-state index is 8.97. The molecule has 9 nitrogen and oxygen atoms in total. The van der Waals surface area contributed by atoms with Crippen LogP contribution in [0.2, 0.25) is 0 Å². The van der Waals surface area contributed by atoms with Crippen molar-refractivity contribution in [2.75, 3.05) is 38.0 Å². The highest BCUT2D eigenvalue weighted by atomic mass is 15.4. The molecule has 0 aliphatic carbocycles. The van der Waals surface area contributed by atoms with Gasteiger partial charge in [0.1, 0.15) is 17.7 Å². The van der Waals surface area contributed by atoms with Crippen LogP contribution in [-0.2, 0) is 11.1 Å². The Morgan fingerprint density at radius 2 is 1.24 bits per heavy atom. The summed E-state index contributed by atoms with van der Waals surface area (Å²) < 4.78 is 4.44. The number of imidazole rings is 1. The van der Waals surface area contributed by atoms with Gasteiger partial charge in [-0.05, 0) is 82.7 Å². The lowest BCUT2D eigenvalue weighted by molar-refractivity contribution is 0.342. The molecule has 1 aromatic heterocycles. The van der Waals surface area contributed by atoms with Gasteiger partial charge in [-0.1, -0.05) is 17.2 Å². The highest BCUT2D eigenvalue weighted by molar-refractivity contribution is 5.89. The van der Waals surface area contributed by atoms with Gasteiger partial charge in [-0.3, -0.25) is 0 Å². The third kappa shape index (κ3) is 5.78. The number of nitrogens with zero attached hydrogens (tertiary/aromatic N) is 9. The summed E-state index contributed by atoms with van der Waals surface area (Å²) in [4.78, 5) is 4.25. The largest absolute Gasteiger partial charge is 0.376 e. The van der Waals surface area contributed by atoms with E-state index in [-0.39, 0.29) is 16.7 Å². The molecule has 9 heteroatoms. The van der Waals surface area contributed by atoms with E-state index < -0.39 is 0 Å². The van der Waals surface area contributed by atoms with Gasteiger partial charge in [0.25, 0.3) is 0 Å². The lowest BCUT2D eigenvalue weighted by atomic mass is 10.1. The average Bonchev–Trinajstić information content (AvgIpc) is 3.16. The van der Waals surface area contributed by atoms with E-state index in [0.29, 0.717) is 11.3 Å². The van der Waals surface area contributed by atoms with Crippen LogP contribution in [0.3, 0.4) is 0 Å². The predicted molar refractivity (Wildman–Crippen MR) is 154 cm³/mol. The Labute approximate surface area is 225 Å². The number of aromatic nitrogens is 2. The van der Waals surface area contributed by atoms with Crippen molar-refractivity contribution in [1.29, 1.82) is 10.5 Å². The molecule has 0 radical (unpaired) electrons. The Hall–Kier alpha value is -4.37. The molecule has 0 unspecified atom stereocenters. The van der Waals surface area contributed by atoms with Gasteiger partial charge in [0.05, 0.1) is 28.1 Å². The van der Waals surface area contributed by atoms with E-state index in [1.165, 1.54) is 6.08 Å². The Balaban J connectivity index is 2.27. The molecule has 0 aliphatic heterocycles. The van der Waals surface area contributed by atoms with E-state index in [1.54, 1.807) is 24.3 Å². The van der Waals surface area contributed by atoms with Crippen molar-refractivity contribution in [3.05, 3.63) is 53.2 Å². The Kier molecular flexibility index (Phi) is 7.83. The standard InChI is InChI=1S/C29H37N9/c1-28(2,3)37-25-16-23(35(7)8)24(36(9)10)17-26(25)38(29(4,5)6)27(37)33-34-32-22-13-11-20(12-14-22)15-21(18-30)19-31/h11-17H,1-10H3. The Bertz CT molecular complexity index is 1450. The van der Waals surface area contributed by atoms with Crippen molar-refractivity contribution in [2.24, 2.45) is 15.4 Å². The van der Waals surface area contributed by atoms with E-state index in [2.05, 4.69) is 116 Å². The molecule has 0 bridgehead atoms. The van der Waals surface area contributed by atoms with Crippen molar-refractivity contribution < 1.29 is 0 Å². The second kappa shape index (κ2) is 10.5. The van der Waals surface area contributed by atoms with Crippen LogP contribution in [0, 0.1) is 22.7 Å². The molecular weight excluding hydrogens is 474 g/mol. The molecule has 0 amide bonds. The van der Waals surface area contributed by atoms with Crippen molar-refractivity contribution in [3.63, 3.8) is 0 Å². The van der Waals surface area contributed by atoms with Gasteiger partial charge in [-0.25, -0.2) is 0 Å². The molecule has 0 saturated carbocycles.